The number of piperidine rings is 1. The van der Waals surface area contributed by atoms with Crippen LogP contribution in [0.1, 0.15) is 25.3 Å². The number of likely N-dealkylation sites (tertiary alicyclic amines) is 1. The van der Waals surface area contributed by atoms with Crippen LogP contribution in [0.3, 0.4) is 0 Å². The minimum absolute atomic E-state index is 0.0580. The average Bonchev–Trinajstić information content (AvgIpc) is 2.55. The summed E-state index contributed by atoms with van der Waals surface area (Å²) in [5.41, 5.74) is 1.36. The van der Waals surface area contributed by atoms with Crippen LogP contribution in [0.5, 0.6) is 0 Å². The summed E-state index contributed by atoms with van der Waals surface area (Å²) >= 11 is 0. The number of carbonyl (C=O) groups is 1. The Balaban J connectivity index is 1.80. The Bertz CT molecular complexity index is 455. The van der Waals surface area contributed by atoms with Gasteiger partial charge >= 0.3 is 0 Å². The van der Waals surface area contributed by atoms with E-state index >= 15 is 0 Å². The molecule has 0 spiro atoms. The van der Waals surface area contributed by atoms with Crippen molar-refractivity contribution in [3.05, 3.63) is 35.9 Å². The first-order chi connectivity index (χ1) is 10.6. The van der Waals surface area contributed by atoms with Crippen molar-refractivity contribution in [1.29, 1.82) is 0 Å². The standard InChI is InChI=1S/C18H28N2O2/c1-15(14-22-3)18(21)19(2)17-9-11-20(12-10-17)13-16-7-5-4-6-8-16/h4-8,15,17H,9-14H2,1-3H3. The van der Waals surface area contributed by atoms with E-state index in [4.69, 9.17) is 4.74 Å². The van der Waals surface area contributed by atoms with Crippen LogP contribution in [0.15, 0.2) is 30.3 Å². The molecular weight excluding hydrogens is 276 g/mol. The third-order valence-corrected chi connectivity index (χ3v) is 4.54. The van der Waals surface area contributed by atoms with E-state index < -0.39 is 0 Å². The maximum absolute atomic E-state index is 12.3. The second-order valence-corrected chi connectivity index (χ2v) is 6.30. The molecule has 1 aliphatic rings. The molecule has 0 aromatic heterocycles. The van der Waals surface area contributed by atoms with Crippen LogP contribution in [0.2, 0.25) is 0 Å². The van der Waals surface area contributed by atoms with Gasteiger partial charge in [-0.2, -0.15) is 0 Å². The van der Waals surface area contributed by atoms with Crippen molar-refractivity contribution in [2.45, 2.75) is 32.4 Å². The number of hydrogen-bond donors (Lipinski definition) is 0. The molecule has 22 heavy (non-hydrogen) atoms. The Labute approximate surface area is 134 Å². The SMILES string of the molecule is COCC(C)C(=O)N(C)C1CCN(Cc2ccccc2)CC1. The number of hydrogen-bond acceptors (Lipinski definition) is 3. The van der Waals surface area contributed by atoms with E-state index in [0.717, 1.165) is 32.5 Å². The Morgan fingerprint density at radius 1 is 1.32 bits per heavy atom. The Kier molecular flexibility index (Phi) is 6.40. The van der Waals surface area contributed by atoms with Crippen molar-refractivity contribution in [2.75, 3.05) is 33.9 Å². The summed E-state index contributed by atoms with van der Waals surface area (Å²) in [5, 5.41) is 0. The molecule has 0 N–H and O–H groups in total. The largest absolute Gasteiger partial charge is 0.384 e. The summed E-state index contributed by atoms with van der Waals surface area (Å²) in [6.07, 6.45) is 2.10. The fourth-order valence-electron chi connectivity index (χ4n) is 3.16. The number of carbonyl (C=O) groups excluding carboxylic acids is 1. The van der Waals surface area contributed by atoms with Gasteiger partial charge in [-0.1, -0.05) is 37.3 Å². The molecule has 1 unspecified atom stereocenters. The highest BCUT2D eigenvalue weighted by molar-refractivity contribution is 5.78. The number of benzene rings is 1. The highest BCUT2D eigenvalue weighted by Crippen LogP contribution is 2.19. The number of methoxy groups -OCH3 is 1. The van der Waals surface area contributed by atoms with Crippen LogP contribution in [-0.2, 0) is 16.1 Å². The van der Waals surface area contributed by atoms with Gasteiger partial charge in [-0.3, -0.25) is 9.69 Å². The molecule has 1 fully saturated rings. The lowest BCUT2D eigenvalue weighted by molar-refractivity contribution is -0.138. The van der Waals surface area contributed by atoms with Gasteiger partial charge in [-0.05, 0) is 18.4 Å². The second kappa shape index (κ2) is 8.30. The zero-order chi connectivity index (χ0) is 15.9. The van der Waals surface area contributed by atoms with E-state index in [2.05, 4.69) is 35.2 Å². The first kappa shape index (κ1) is 17.0. The van der Waals surface area contributed by atoms with Crippen molar-refractivity contribution in [3.63, 3.8) is 0 Å². The molecule has 1 atom stereocenters. The number of rotatable bonds is 6. The number of amides is 1. The van der Waals surface area contributed by atoms with Crippen molar-refractivity contribution >= 4 is 5.91 Å². The molecular formula is C18H28N2O2. The first-order valence-electron chi connectivity index (χ1n) is 8.13. The molecule has 0 radical (unpaired) electrons. The second-order valence-electron chi connectivity index (χ2n) is 6.30. The maximum atomic E-state index is 12.3. The molecule has 122 valence electrons. The van der Waals surface area contributed by atoms with E-state index in [1.165, 1.54) is 5.56 Å². The monoisotopic (exact) mass is 304 g/mol. The van der Waals surface area contributed by atoms with E-state index in [1.54, 1.807) is 7.11 Å². The molecule has 0 bridgehead atoms. The smallest absolute Gasteiger partial charge is 0.227 e. The van der Waals surface area contributed by atoms with E-state index in [-0.39, 0.29) is 11.8 Å². The summed E-state index contributed by atoms with van der Waals surface area (Å²) in [7, 11) is 3.58. The van der Waals surface area contributed by atoms with Crippen LogP contribution in [0, 0.1) is 5.92 Å². The zero-order valence-electron chi connectivity index (χ0n) is 14.0. The minimum atomic E-state index is -0.0580. The predicted molar refractivity (Wildman–Crippen MR) is 88.6 cm³/mol. The van der Waals surface area contributed by atoms with Gasteiger partial charge in [0.25, 0.3) is 0 Å². The van der Waals surface area contributed by atoms with Crippen molar-refractivity contribution in [3.8, 4) is 0 Å². The normalized spacial score (nSPS) is 18.1. The van der Waals surface area contributed by atoms with Gasteiger partial charge in [0.15, 0.2) is 0 Å². The van der Waals surface area contributed by atoms with Crippen LogP contribution in [0.25, 0.3) is 0 Å². The lowest BCUT2D eigenvalue weighted by Crippen LogP contribution is -2.47. The topological polar surface area (TPSA) is 32.8 Å². The molecule has 1 aliphatic heterocycles. The van der Waals surface area contributed by atoms with Gasteiger partial charge < -0.3 is 9.64 Å². The van der Waals surface area contributed by atoms with Gasteiger partial charge in [0.1, 0.15) is 0 Å². The lowest BCUT2D eigenvalue weighted by atomic mass is 10.0. The molecule has 1 heterocycles. The predicted octanol–water partition coefficient (Wildman–Crippen LogP) is 2.39. The van der Waals surface area contributed by atoms with Crippen molar-refractivity contribution in [2.24, 2.45) is 5.92 Å². The van der Waals surface area contributed by atoms with Crippen LogP contribution in [0.4, 0.5) is 0 Å². The minimum Gasteiger partial charge on any atom is -0.384 e. The maximum Gasteiger partial charge on any atom is 0.227 e. The quantitative estimate of drug-likeness (QED) is 0.809. The summed E-state index contributed by atoms with van der Waals surface area (Å²) < 4.78 is 5.09. The average molecular weight is 304 g/mol. The molecule has 0 aliphatic carbocycles. The van der Waals surface area contributed by atoms with Gasteiger partial charge in [0.2, 0.25) is 5.91 Å². The Morgan fingerprint density at radius 2 is 1.95 bits per heavy atom. The molecule has 4 nitrogen and oxygen atoms in total. The van der Waals surface area contributed by atoms with Crippen LogP contribution in [-0.4, -0.2) is 55.6 Å². The molecule has 1 amide bonds. The van der Waals surface area contributed by atoms with Crippen molar-refractivity contribution < 1.29 is 9.53 Å². The summed E-state index contributed by atoms with van der Waals surface area (Å²) in [4.78, 5) is 16.7. The molecule has 1 saturated heterocycles. The molecule has 4 heteroatoms. The molecule has 0 saturated carbocycles. The molecule has 1 aromatic carbocycles. The highest BCUT2D eigenvalue weighted by Gasteiger charge is 2.27. The first-order valence-corrected chi connectivity index (χ1v) is 8.13. The van der Waals surface area contributed by atoms with Crippen LogP contribution >= 0.6 is 0 Å². The third kappa shape index (κ3) is 4.55. The lowest BCUT2D eigenvalue weighted by Gasteiger charge is -2.37. The molecule has 2 rings (SSSR count). The number of ether oxygens (including phenoxy) is 1. The Hall–Kier alpha value is -1.39. The molecule has 1 aromatic rings. The fraction of sp³-hybridized carbons (Fsp3) is 0.611. The van der Waals surface area contributed by atoms with Crippen LogP contribution < -0.4 is 0 Å². The van der Waals surface area contributed by atoms with Crippen molar-refractivity contribution in [1.82, 2.24) is 9.80 Å². The van der Waals surface area contributed by atoms with Gasteiger partial charge in [0, 0.05) is 39.8 Å². The van der Waals surface area contributed by atoms with Gasteiger partial charge in [-0.15, -0.1) is 0 Å². The Morgan fingerprint density at radius 3 is 2.55 bits per heavy atom. The third-order valence-electron chi connectivity index (χ3n) is 4.54. The zero-order valence-corrected chi connectivity index (χ0v) is 14.0. The van der Waals surface area contributed by atoms with E-state index in [9.17, 15) is 4.79 Å². The van der Waals surface area contributed by atoms with E-state index in [1.807, 2.05) is 18.9 Å². The summed E-state index contributed by atoms with van der Waals surface area (Å²) in [6, 6.07) is 10.9. The fourth-order valence-corrected chi connectivity index (χ4v) is 3.16. The summed E-state index contributed by atoms with van der Waals surface area (Å²) in [6.45, 7) is 5.54. The van der Waals surface area contributed by atoms with E-state index in [0.29, 0.717) is 12.6 Å². The number of nitrogens with zero attached hydrogens (tertiary/aromatic N) is 2. The highest BCUT2D eigenvalue weighted by atomic mass is 16.5. The van der Waals surface area contributed by atoms with Gasteiger partial charge in [0.05, 0.1) is 12.5 Å². The summed E-state index contributed by atoms with van der Waals surface area (Å²) in [5.74, 6) is 0.140. The van der Waals surface area contributed by atoms with Gasteiger partial charge in [-0.25, -0.2) is 0 Å².